The number of esters is 1. The first-order valence-corrected chi connectivity index (χ1v) is 11.0. The van der Waals surface area contributed by atoms with Crippen molar-refractivity contribution in [2.45, 2.75) is 59.3 Å². The van der Waals surface area contributed by atoms with Gasteiger partial charge in [-0.05, 0) is 31.6 Å². The highest BCUT2D eigenvalue weighted by Crippen LogP contribution is 2.29. The van der Waals surface area contributed by atoms with Gasteiger partial charge in [-0.3, -0.25) is 4.79 Å². The molecule has 0 radical (unpaired) electrons. The Labute approximate surface area is 180 Å². The highest BCUT2D eigenvalue weighted by Gasteiger charge is 2.15. The summed E-state index contributed by atoms with van der Waals surface area (Å²) in [6.45, 7) is 8.67. The lowest BCUT2D eigenvalue weighted by atomic mass is 10.1. The van der Waals surface area contributed by atoms with Crippen molar-refractivity contribution < 1.29 is 19.0 Å². The molecule has 1 aromatic carbocycles. The van der Waals surface area contributed by atoms with Gasteiger partial charge in [-0.1, -0.05) is 57.5 Å². The summed E-state index contributed by atoms with van der Waals surface area (Å²) in [4.78, 5) is 20.5. The first kappa shape index (κ1) is 23.8. The average Bonchev–Trinajstić information content (AvgIpc) is 2.80. The van der Waals surface area contributed by atoms with Crippen LogP contribution in [0, 0.1) is 5.92 Å². The minimum Gasteiger partial charge on any atom is -0.490 e. The lowest BCUT2D eigenvalue weighted by Crippen LogP contribution is -2.14. The molecule has 0 spiro atoms. The monoisotopic (exact) mass is 414 g/mol. The fraction of sp³-hybridized carbons (Fsp3) is 0.542. The van der Waals surface area contributed by atoms with Gasteiger partial charge in [0.15, 0.2) is 5.75 Å². The van der Waals surface area contributed by atoms with Gasteiger partial charge in [0.25, 0.3) is 0 Å². The van der Waals surface area contributed by atoms with E-state index in [1.54, 1.807) is 6.20 Å². The van der Waals surface area contributed by atoms with Crippen LogP contribution in [0.25, 0.3) is 11.3 Å². The number of ether oxygens (including phenoxy) is 3. The topological polar surface area (TPSA) is 70.5 Å². The van der Waals surface area contributed by atoms with Crippen molar-refractivity contribution in [3.8, 4) is 23.0 Å². The quantitative estimate of drug-likeness (QED) is 0.534. The number of nitrogens with zero attached hydrogens (tertiary/aromatic N) is 2. The molecule has 1 aromatic heterocycles. The van der Waals surface area contributed by atoms with Gasteiger partial charge in [0.05, 0.1) is 12.8 Å². The third kappa shape index (κ3) is 8.49. The highest BCUT2D eigenvalue weighted by molar-refractivity contribution is 5.72. The van der Waals surface area contributed by atoms with E-state index in [-0.39, 0.29) is 17.9 Å². The Morgan fingerprint density at radius 2 is 1.87 bits per heavy atom. The molecule has 0 saturated carbocycles. The molecule has 3 rings (SSSR count). The molecule has 2 aromatic rings. The van der Waals surface area contributed by atoms with E-state index in [4.69, 9.17) is 14.2 Å². The van der Waals surface area contributed by atoms with Crippen molar-refractivity contribution in [1.82, 2.24) is 9.97 Å². The Hall–Kier alpha value is -2.47. The number of benzene rings is 1. The molecule has 0 aliphatic carbocycles. The van der Waals surface area contributed by atoms with Gasteiger partial charge < -0.3 is 14.2 Å². The van der Waals surface area contributed by atoms with E-state index in [1.165, 1.54) is 19.3 Å². The molecule has 0 amide bonds. The molecular formula is C24H34N2O4. The minimum atomic E-state index is -0.314. The molecule has 0 N–H and O–H groups in total. The largest absolute Gasteiger partial charge is 0.490 e. The van der Waals surface area contributed by atoms with E-state index in [0.717, 1.165) is 31.6 Å². The Bertz CT molecular complexity index is 737. The van der Waals surface area contributed by atoms with Gasteiger partial charge >= 0.3 is 12.0 Å². The number of carbonyl (C=O) groups is 1. The first-order chi connectivity index (χ1) is 14.6. The van der Waals surface area contributed by atoms with Crippen LogP contribution < -0.4 is 9.47 Å². The Morgan fingerprint density at radius 1 is 1.13 bits per heavy atom. The van der Waals surface area contributed by atoms with Gasteiger partial charge in [-0.25, -0.2) is 0 Å². The van der Waals surface area contributed by atoms with Crippen LogP contribution in [0.1, 0.15) is 59.3 Å². The lowest BCUT2D eigenvalue weighted by molar-refractivity contribution is -0.135. The Morgan fingerprint density at radius 3 is 2.43 bits per heavy atom. The van der Waals surface area contributed by atoms with Crippen LogP contribution in [-0.2, 0) is 9.53 Å². The fourth-order valence-electron chi connectivity index (χ4n) is 2.78. The standard InChI is InChI=1S/C19H24N2O3.C5H10O/c1-4-11-23-16-13-20-19(24-17(22)12-14(3)5-2)21-18(16)15-9-7-6-8-10-15;1-2-4-6-5-3-1/h6-10,13-14H,4-5,11-12H2,1-3H3;1-5H2. The smallest absolute Gasteiger partial charge is 0.325 e. The van der Waals surface area contributed by atoms with E-state index in [2.05, 4.69) is 9.97 Å². The third-order valence-corrected chi connectivity index (χ3v) is 4.74. The average molecular weight is 415 g/mol. The molecule has 1 unspecified atom stereocenters. The van der Waals surface area contributed by atoms with Crippen LogP contribution in [0.5, 0.6) is 11.8 Å². The summed E-state index contributed by atoms with van der Waals surface area (Å²) in [5.41, 5.74) is 1.52. The zero-order valence-electron chi connectivity index (χ0n) is 18.4. The summed E-state index contributed by atoms with van der Waals surface area (Å²) in [5, 5.41) is 0. The van der Waals surface area contributed by atoms with Crippen LogP contribution in [-0.4, -0.2) is 35.8 Å². The van der Waals surface area contributed by atoms with Crippen LogP contribution in [0.4, 0.5) is 0 Å². The predicted molar refractivity (Wildman–Crippen MR) is 118 cm³/mol. The maximum atomic E-state index is 12.0. The summed E-state index contributed by atoms with van der Waals surface area (Å²) < 4.78 is 16.1. The lowest BCUT2D eigenvalue weighted by Gasteiger charge is -2.12. The molecular weight excluding hydrogens is 380 g/mol. The van der Waals surface area contributed by atoms with Gasteiger partial charge in [-0.2, -0.15) is 9.97 Å². The van der Waals surface area contributed by atoms with Gasteiger partial charge in [0, 0.05) is 25.2 Å². The number of aromatic nitrogens is 2. The van der Waals surface area contributed by atoms with Crippen LogP contribution in [0.3, 0.4) is 0 Å². The first-order valence-electron chi connectivity index (χ1n) is 11.0. The molecule has 1 fully saturated rings. The minimum absolute atomic E-state index is 0.0611. The van der Waals surface area contributed by atoms with Gasteiger partial charge in [0.1, 0.15) is 5.69 Å². The summed E-state index contributed by atoms with van der Waals surface area (Å²) in [6.07, 6.45) is 7.67. The maximum Gasteiger partial charge on any atom is 0.325 e. The SMILES string of the molecule is C1CCOCC1.CCCOc1cnc(OC(=O)CC(C)CC)nc1-c1ccccc1. The van der Waals surface area contributed by atoms with E-state index >= 15 is 0 Å². The predicted octanol–water partition coefficient (Wildman–Crippen LogP) is 5.46. The molecule has 1 aliphatic rings. The molecule has 1 saturated heterocycles. The maximum absolute atomic E-state index is 12.0. The van der Waals surface area contributed by atoms with Crippen molar-refractivity contribution in [2.24, 2.45) is 5.92 Å². The molecule has 6 nitrogen and oxygen atoms in total. The van der Waals surface area contributed by atoms with Crippen LogP contribution in [0.2, 0.25) is 0 Å². The molecule has 30 heavy (non-hydrogen) atoms. The van der Waals surface area contributed by atoms with Crippen molar-refractivity contribution in [2.75, 3.05) is 19.8 Å². The molecule has 6 heteroatoms. The van der Waals surface area contributed by atoms with Crippen LogP contribution >= 0.6 is 0 Å². The highest BCUT2D eigenvalue weighted by atomic mass is 16.5. The Balaban J connectivity index is 0.000000456. The van der Waals surface area contributed by atoms with E-state index in [0.29, 0.717) is 24.5 Å². The van der Waals surface area contributed by atoms with Crippen LogP contribution in [0.15, 0.2) is 36.5 Å². The molecule has 2 heterocycles. The summed E-state index contributed by atoms with van der Waals surface area (Å²) >= 11 is 0. The number of hydrogen-bond donors (Lipinski definition) is 0. The molecule has 0 bridgehead atoms. The summed E-state index contributed by atoms with van der Waals surface area (Å²) in [5.74, 6) is 0.550. The third-order valence-electron chi connectivity index (χ3n) is 4.74. The van der Waals surface area contributed by atoms with E-state index < -0.39 is 0 Å². The zero-order chi connectivity index (χ0) is 21.6. The fourth-order valence-corrected chi connectivity index (χ4v) is 2.78. The Kier molecular flexibility index (Phi) is 10.9. The molecule has 1 aliphatic heterocycles. The molecule has 164 valence electrons. The van der Waals surface area contributed by atoms with Gasteiger partial charge in [0.2, 0.25) is 0 Å². The van der Waals surface area contributed by atoms with Crippen molar-refractivity contribution in [3.63, 3.8) is 0 Å². The van der Waals surface area contributed by atoms with E-state index in [1.807, 2.05) is 51.1 Å². The normalized spacial score (nSPS) is 14.2. The van der Waals surface area contributed by atoms with Crippen molar-refractivity contribution in [1.29, 1.82) is 0 Å². The number of hydrogen-bond acceptors (Lipinski definition) is 6. The summed E-state index contributed by atoms with van der Waals surface area (Å²) in [7, 11) is 0. The van der Waals surface area contributed by atoms with Crippen molar-refractivity contribution >= 4 is 5.97 Å². The zero-order valence-corrected chi connectivity index (χ0v) is 18.4. The summed E-state index contributed by atoms with van der Waals surface area (Å²) in [6, 6.07) is 9.72. The number of carbonyl (C=O) groups excluding carboxylic acids is 1. The van der Waals surface area contributed by atoms with Crippen molar-refractivity contribution in [3.05, 3.63) is 36.5 Å². The van der Waals surface area contributed by atoms with E-state index in [9.17, 15) is 4.79 Å². The second-order valence-electron chi connectivity index (χ2n) is 7.44. The second-order valence-corrected chi connectivity index (χ2v) is 7.44. The number of rotatable bonds is 8. The molecule has 1 atom stereocenters. The second kappa shape index (κ2) is 13.7. The van der Waals surface area contributed by atoms with Gasteiger partial charge in [-0.15, -0.1) is 0 Å².